The van der Waals surface area contributed by atoms with Gasteiger partial charge in [0.05, 0.1) is 0 Å². The second-order valence-electron chi connectivity index (χ2n) is 9.33. The zero-order valence-corrected chi connectivity index (χ0v) is 22.3. The molecule has 0 saturated carbocycles. The summed E-state index contributed by atoms with van der Waals surface area (Å²) in [5.41, 5.74) is 5.22. The summed E-state index contributed by atoms with van der Waals surface area (Å²) in [6.07, 6.45) is 0. The van der Waals surface area contributed by atoms with E-state index in [9.17, 15) is 0 Å². The van der Waals surface area contributed by atoms with Crippen molar-refractivity contribution in [2.45, 2.75) is 116 Å². The van der Waals surface area contributed by atoms with Gasteiger partial charge < -0.3 is 0 Å². The molecule has 4 heteroatoms. The summed E-state index contributed by atoms with van der Waals surface area (Å²) in [6, 6.07) is 0. The Balaban J connectivity index is 5.07. The van der Waals surface area contributed by atoms with Crippen LogP contribution in [0.5, 0.6) is 0 Å². The van der Waals surface area contributed by atoms with Crippen molar-refractivity contribution < 1.29 is 0 Å². The minimum Gasteiger partial charge on any atom is -0.183 e. The van der Waals surface area contributed by atoms with E-state index >= 15 is 0 Å². The Morgan fingerprint density at radius 3 is 0.708 bits per heavy atom. The van der Waals surface area contributed by atoms with Crippen LogP contribution in [0.4, 0.5) is 0 Å². The fraction of sp³-hybridized carbons (Fsp3) is 1.00. The minimum absolute atomic E-state index is 0.870. The normalized spacial score (nSPS) is 14.2. The van der Waals surface area contributed by atoms with Gasteiger partial charge in [0.25, 0.3) is 0 Å². The van der Waals surface area contributed by atoms with E-state index in [1.807, 2.05) is 0 Å². The van der Waals surface area contributed by atoms with E-state index in [2.05, 4.69) is 106 Å². The molecule has 0 amide bonds. The molecule has 0 aromatic carbocycles. The van der Waals surface area contributed by atoms with Crippen LogP contribution in [0.15, 0.2) is 0 Å². The first-order valence-electron chi connectivity index (χ1n) is 10.1. The Labute approximate surface area is 164 Å². The van der Waals surface area contributed by atoms with Gasteiger partial charge in [-0.25, -0.2) is 0 Å². The third-order valence-electron chi connectivity index (χ3n) is 6.20. The third kappa shape index (κ3) is 5.32. The van der Waals surface area contributed by atoms with Gasteiger partial charge in [0, 0.05) is 0 Å². The fourth-order valence-corrected chi connectivity index (χ4v) is 26.4. The van der Waals surface area contributed by atoms with Crippen LogP contribution in [0.25, 0.3) is 0 Å². The fourth-order valence-electron chi connectivity index (χ4n) is 5.44. The largest absolute Gasteiger partial charge is 0.183 e. The van der Waals surface area contributed by atoms with Gasteiger partial charge in [-0.1, -0.05) is 83.1 Å². The van der Waals surface area contributed by atoms with E-state index in [0.717, 1.165) is 33.2 Å². The average molecular weight is 407 g/mol. The minimum atomic E-state index is -1.29. The van der Waals surface area contributed by atoms with Crippen LogP contribution in [0, 0.1) is 0 Å². The molecular formula is C20H46S2Si2. The summed E-state index contributed by atoms with van der Waals surface area (Å²) in [4.78, 5) is 0. The third-order valence-corrected chi connectivity index (χ3v) is 31.8. The SMILES string of the molecule is CC(C)[Si](SCCS[Si](C(C)C)(C(C)C)C(C)C)(C(C)C)C(C)C. The van der Waals surface area contributed by atoms with Crippen molar-refractivity contribution in [1.29, 1.82) is 0 Å². The van der Waals surface area contributed by atoms with Gasteiger partial charge in [0.2, 0.25) is 0 Å². The van der Waals surface area contributed by atoms with Crippen molar-refractivity contribution in [2.24, 2.45) is 0 Å². The monoisotopic (exact) mass is 406 g/mol. The summed E-state index contributed by atoms with van der Waals surface area (Å²) in [7, 11) is -2.57. The van der Waals surface area contributed by atoms with Crippen molar-refractivity contribution >= 4 is 36.9 Å². The van der Waals surface area contributed by atoms with E-state index in [1.54, 1.807) is 0 Å². The Morgan fingerprint density at radius 1 is 0.417 bits per heavy atom. The number of rotatable bonds is 11. The first-order valence-corrected chi connectivity index (χ1v) is 18.0. The molecule has 0 bridgehead atoms. The molecule has 0 nitrogen and oxygen atoms in total. The van der Waals surface area contributed by atoms with Crippen molar-refractivity contribution in [2.75, 3.05) is 11.5 Å². The van der Waals surface area contributed by atoms with E-state index in [-0.39, 0.29) is 0 Å². The van der Waals surface area contributed by atoms with Crippen molar-refractivity contribution in [1.82, 2.24) is 0 Å². The maximum atomic E-state index is 2.49. The van der Waals surface area contributed by atoms with E-state index < -0.39 is 14.4 Å². The molecule has 0 radical (unpaired) electrons. The number of hydrogen-bond acceptors (Lipinski definition) is 2. The highest BCUT2D eigenvalue weighted by atomic mass is 32.4. The van der Waals surface area contributed by atoms with Crippen LogP contribution in [0.2, 0.25) is 33.2 Å². The van der Waals surface area contributed by atoms with Crippen LogP contribution < -0.4 is 0 Å². The zero-order chi connectivity index (χ0) is 19.3. The van der Waals surface area contributed by atoms with Gasteiger partial charge in [-0.05, 0) is 44.8 Å². The Morgan fingerprint density at radius 2 is 0.583 bits per heavy atom. The summed E-state index contributed by atoms with van der Waals surface area (Å²) in [6.45, 7) is 29.9. The highest BCUT2D eigenvalue weighted by Crippen LogP contribution is 2.52. The molecule has 0 spiro atoms. The van der Waals surface area contributed by atoms with Crippen LogP contribution in [-0.2, 0) is 0 Å². The van der Waals surface area contributed by atoms with Gasteiger partial charge in [0.1, 0.15) is 14.4 Å². The van der Waals surface area contributed by atoms with Gasteiger partial charge in [-0.2, -0.15) is 22.4 Å². The lowest BCUT2D eigenvalue weighted by Crippen LogP contribution is -2.43. The van der Waals surface area contributed by atoms with Crippen LogP contribution in [0.1, 0.15) is 83.1 Å². The highest BCUT2D eigenvalue weighted by Gasteiger charge is 2.45. The highest BCUT2D eigenvalue weighted by molar-refractivity contribution is 8.32. The van der Waals surface area contributed by atoms with Gasteiger partial charge >= 0.3 is 0 Å². The molecule has 0 aliphatic rings. The Kier molecular flexibility index (Phi) is 11.0. The summed E-state index contributed by atoms with van der Waals surface area (Å²) in [5, 5.41) is 0. The van der Waals surface area contributed by atoms with Crippen molar-refractivity contribution in [3.63, 3.8) is 0 Å². The number of hydrogen-bond donors (Lipinski definition) is 0. The van der Waals surface area contributed by atoms with Gasteiger partial charge in [0.15, 0.2) is 0 Å². The zero-order valence-electron chi connectivity index (χ0n) is 18.7. The first-order chi connectivity index (χ1) is 10.9. The molecule has 0 unspecified atom stereocenters. The first kappa shape index (κ1) is 25.1. The van der Waals surface area contributed by atoms with E-state index in [4.69, 9.17) is 0 Å². The summed E-state index contributed by atoms with van der Waals surface area (Å²) in [5.74, 6) is 2.73. The lowest BCUT2D eigenvalue weighted by molar-refractivity contribution is 0.850. The van der Waals surface area contributed by atoms with E-state index in [0.29, 0.717) is 0 Å². The molecule has 0 aliphatic heterocycles. The van der Waals surface area contributed by atoms with Gasteiger partial charge in [-0.3, -0.25) is 0 Å². The second-order valence-corrected chi connectivity index (χ2v) is 27.0. The summed E-state index contributed by atoms with van der Waals surface area (Å²) >= 11 is 4.82. The topological polar surface area (TPSA) is 0 Å². The quantitative estimate of drug-likeness (QED) is 0.248. The molecule has 146 valence electrons. The van der Waals surface area contributed by atoms with E-state index in [1.165, 1.54) is 11.5 Å². The molecule has 0 N–H and O–H groups in total. The molecule has 0 aromatic rings. The van der Waals surface area contributed by atoms with Crippen LogP contribution in [-0.4, -0.2) is 26.0 Å². The lowest BCUT2D eigenvalue weighted by atomic mass is 10.5. The average Bonchev–Trinajstić information content (AvgIpc) is 2.40. The van der Waals surface area contributed by atoms with Crippen molar-refractivity contribution in [3.8, 4) is 0 Å². The maximum absolute atomic E-state index is 2.49. The summed E-state index contributed by atoms with van der Waals surface area (Å²) < 4.78 is 0. The molecule has 0 heterocycles. The Bertz CT molecular complexity index is 272. The standard InChI is InChI=1S/C20H46S2Si2/c1-15(2)23(16(3)4,17(5)6)21-13-14-22-24(18(7)8,19(9)10)20(11)12/h15-20H,13-14H2,1-12H3. The molecule has 0 atom stereocenters. The van der Waals surface area contributed by atoms with Crippen molar-refractivity contribution in [3.05, 3.63) is 0 Å². The molecule has 0 fully saturated rings. The van der Waals surface area contributed by atoms with Gasteiger partial charge in [-0.15, -0.1) is 0 Å². The molecule has 0 saturated heterocycles. The van der Waals surface area contributed by atoms with Crippen LogP contribution >= 0.6 is 22.4 Å². The lowest BCUT2D eigenvalue weighted by Gasteiger charge is -2.44. The molecule has 0 aliphatic carbocycles. The maximum Gasteiger partial charge on any atom is 0.124 e. The molecular weight excluding hydrogens is 361 g/mol. The second kappa shape index (κ2) is 10.5. The molecule has 0 rings (SSSR count). The Hall–Kier alpha value is 1.13. The smallest absolute Gasteiger partial charge is 0.124 e. The molecule has 24 heavy (non-hydrogen) atoms. The predicted octanol–water partition coefficient (Wildman–Crippen LogP) is 8.80. The predicted molar refractivity (Wildman–Crippen MR) is 127 cm³/mol. The molecule has 0 aromatic heterocycles. The van der Waals surface area contributed by atoms with Crippen LogP contribution in [0.3, 0.4) is 0 Å².